The standard InChI is InChI=1S/C15H7ClF4IN3O.C10H6F3IN2O/c16-9-4-10(17)14(22-6-9)25-12-3-1-2-11(21)13(12)24-7-8(5-23-24)15(18,19)20;11-10(12,13)6-4-15-16(5-6)9-7(14)2-1-3-8(9)17/h1-7H;1-5,17H. The van der Waals surface area contributed by atoms with E-state index < -0.39 is 29.3 Å². The molecule has 0 atom stereocenters. The normalized spacial score (nSPS) is 11.7. The fourth-order valence-electron chi connectivity index (χ4n) is 3.30. The summed E-state index contributed by atoms with van der Waals surface area (Å²) in [6, 6.07) is 10.4. The zero-order valence-corrected chi connectivity index (χ0v) is 25.4. The Morgan fingerprint density at radius 1 is 0.786 bits per heavy atom. The molecule has 0 radical (unpaired) electrons. The number of phenolic OH excluding ortho intramolecular Hbond substituents is 1. The molecule has 5 rings (SSSR count). The SMILES string of the molecule is Fc1cc(Cl)cnc1Oc1cccc(I)c1-n1cc(C(F)(F)F)cn1.Oc1cccc(I)c1-n1cc(C(F)(F)F)cn1. The molecular weight excluding hydrogens is 825 g/mol. The van der Waals surface area contributed by atoms with Crippen LogP contribution >= 0.6 is 56.8 Å². The molecular formula is C25H13ClF7I2N5O2. The first-order valence-corrected chi connectivity index (χ1v) is 13.7. The monoisotopic (exact) mass is 837 g/mol. The molecule has 17 heteroatoms. The summed E-state index contributed by atoms with van der Waals surface area (Å²) in [6.07, 6.45) is -4.66. The number of ether oxygens (including phenoxy) is 1. The molecule has 1 N–H and O–H groups in total. The number of hydrogen-bond donors (Lipinski definition) is 1. The molecule has 0 aliphatic carbocycles. The van der Waals surface area contributed by atoms with E-state index in [1.165, 1.54) is 18.3 Å². The summed E-state index contributed by atoms with van der Waals surface area (Å²) in [4.78, 5) is 3.74. The van der Waals surface area contributed by atoms with Crippen molar-refractivity contribution < 1.29 is 40.6 Å². The third-order valence-corrected chi connectivity index (χ3v) is 7.12. The maximum atomic E-state index is 13.9. The fourth-order valence-corrected chi connectivity index (χ4v) is 4.89. The molecule has 42 heavy (non-hydrogen) atoms. The molecule has 220 valence electrons. The highest BCUT2D eigenvalue weighted by Crippen LogP contribution is 2.35. The summed E-state index contributed by atoms with van der Waals surface area (Å²) >= 11 is 9.47. The van der Waals surface area contributed by atoms with Gasteiger partial charge in [0.15, 0.2) is 11.6 Å². The van der Waals surface area contributed by atoms with Gasteiger partial charge in [0.1, 0.15) is 17.1 Å². The second-order valence-electron chi connectivity index (χ2n) is 8.08. The van der Waals surface area contributed by atoms with Crippen LogP contribution in [0, 0.1) is 13.0 Å². The first-order valence-electron chi connectivity index (χ1n) is 11.1. The van der Waals surface area contributed by atoms with Crippen molar-refractivity contribution in [2.75, 3.05) is 0 Å². The second kappa shape index (κ2) is 12.6. The number of aromatic hydroxyl groups is 1. The number of phenols is 1. The summed E-state index contributed by atoms with van der Waals surface area (Å²) in [5.41, 5.74) is -1.29. The number of nitrogens with zero attached hydrogens (tertiary/aromatic N) is 5. The molecule has 0 bridgehead atoms. The zero-order valence-electron chi connectivity index (χ0n) is 20.3. The lowest BCUT2D eigenvalue weighted by Crippen LogP contribution is -2.04. The van der Waals surface area contributed by atoms with Crippen LogP contribution in [0.25, 0.3) is 11.4 Å². The molecule has 0 unspecified atom stereocenters. The van der Waals surface area contributed by atoms with Gasteiger partial charge >= 0.3 is 12.4 Å². The molecule has 3 aromatic heterocycles. The average Bonchev–Trinajstić information content (AvgIpc) is 3.57. The van der Waals surface area contributed by atoms with Gasteiger partial charge in [0.25, 0.3) is 5.88 Å². The first-order chi connectivity index (χ1) is 19.6. The summed E-state index contributed by atoms with van der Waals surface area (Å²) in [6.45, 7) is 0. The molecule has 0 spiro atoms. The second-order valence-corrected chi connectivity index (χ2v) is 10.8. The van der Waals surface area contributed by atoms with E-state index in [1.54, 1.807) is 24.3 Å². The minimum absolute atomic E-state index is 0.0922. The van der Waals surface area contributed by atoms with E-state index >= 15 is 0 Å². The quantitative estimate of drug-likeness (QED) is 0.145. The predicted octanol–water partition coefficient (Wildman–Crippen LogP) is 8.68. The Morgan fingerprint density at radius 3 is 1.81 bits per heavy atom. The molecule has 5 aromatic rings. The van der Waals surface area contributed by atoms with Crippen molar-refractivity contribution >= 4 is 56.8 Å². The van der Waals surface area contributed by atoms with E-state index in [0.717, 1.165) is 34.0 Å². The number of alkyl halides is 6. The van der Waals surface area contributed by atoms with Crippen LogP contribution in [0.1, 0.15) is 11.1 Å². The van der Waals surface area contributed by atoms with Gasteiger partial charge < -0.3 is 9.84 Å². The fraction of sp³-hybridized carbons (Fsp3) is 0.0800. The van der Waals surface area contributed by atoms with Crippen molar-refractivity contribution in [1.82, 2.24) is 24.5 Å². The van der Waals surface area contributed by atoms with Gasteiger partial charge in [-0.15, -0.1) is 0 Å². The Labute approximate surface area is 264 Å². The van der Waals surface area contributed by atoms with Crippen LogP contribution in [0.3, 0.4) is 0 Å². The number of para-hydroxylation sites is 2. The highest BCUT2D eigenvalue weighted by Gasteiger charge is 2.33. The minimum Gasteiger partial charge on any atom is -0.506 e. The molecule has 7 nitrogen and oxygen atoms in total. The number of pyridine rings is 1. The Bertz CT molecular complexity index is 1700. The Morgan fingerprint density at radius 2 is 1.31 bits per heavy atom. The lowest BCUT2D eigenvalue weighted by Gasteiger charge is -2.12. The summed E-state index contributed by atoms with van der Waals surface area (Å²) in [5, 5.41) is 17.0. The number of benzene rings is 2. The van der Waals surface area contributed by atoms with Crippen molar-refractivity contribution in [2.45, 2.75) is 12.4 Å². The van der Waals surface area contributed by atoms with Gasteiger partial charge in [-0.1, -0.05) is 23.7 Å². The maximum absolute atomic E-state index is 13.9. The van der Waals surface area contributed by atoms with Crippen LogP contribution < -0.4 is 4.74 Å². The largest absolute Gasteiger partial charge is 0.506 e. The lowest BCUT2D eigenvalue weighted by atomic mass is 10.3. The van der Waals surface area contributed by atoms with E-state index in [2.05, 4.69) is 15.2 Å². The first kappa shape index (κ1) is 31.8. The summed E-state index contributed by atoms with van der Waals surface area (Å²) in [5.74, 6) is -1.17. The van der Waals surface area contributed by atoms with Gasteiger partial charge in [-0.2, -0.15) is 36.5 Å². The molecule has 0 saturated heterocycles. The molecule has 3 heterocycles. The van der Waals surface area contributed by atoms with Crippen LogP contribution in [0.15, 0.2) is 73.4 Å². The topological polar surface area (TPSA) is 78.0 Å². The van der Waals surface area contributed by atoms with E-state index in [-0.39, 0.29) is 33.8 Å². The van der Waals surface area contributed by atoms with Crippen molar-refractivity contribution in [3.05, 3.63) is 103 Å². The molecule has 0 saturated carbocycles. The predicted molar refractivity (Wildman–Crippen MR) is 154 cm³/mol. The molecule has 0 amide bonds. The zero-order chi connectivity index (χ0) is 30.8. The van der Waals surface area contributed by atoms with Crippen molar-refractivity contribution in [3.63, 3.8) is 0 Å². The highest BCUT2D eigenvalue weighted by atomic mass is 127. The number of aromatic nitrogens is 5. The molecule has 0 fully saturated rings. The Balaban J connectivity index is 0.000000208. The summed E-state index contributed by atoms with van der Waals surface area (Å²) in [7, 11) is 0. The highest BCUT2D eigenvalue weighted by molar-refractivity contribution is 14.1. The number of hydrogen-bond acceptors (Lipinski definition) is 5. The van der Waals surface area contributed by atoms with Gasteiger partial charge in [-0.25, -0.2) is 18.7 Å². The maximum Gasteiger partial charge on any atom is 0.419 e. The van der Waals surface area contributed by atoms with Gasteiger partial charge in [0.2, 0.25) is 0 Å². The van der Waals surface area contributed by atoms with E-state index in [4.69, 9.17) is 16.3 Å². The third kappa shape index (κ3) is 7.44. The van der Waals surface area contributed by atoms with E-state index in [0.29, 0.717) is 13.3 Å². The third-order valence-electron chi connectivity index (χ3n) is 5.17. The van der Waals surface area contributed by atoms with Crippen LogP contribution in [0.4, 0.5) is 30.7 Å². The van der Waals surface area contributed by atoms with Crippen LogP contribution in [-0.2, 0) is 12.4 Å². The number of rotatable bonds is 4. The molecule has 0 aliphatic heterocycles. The minimum atomic E-state index is -4.52. The van der Waals surface area contributed by atoms with Gasteiger partial charge in [-0.05, 0) is 75.5 Å². The van der Waals surface area contributed by atoms with Gasteiger partial charge in [-0.3, -0.25) is 0 Å². The van der Waals surface area contributed by atoms with Crippen LogP contribution in [-0.4, -0.2) is 29.7 Å². The molecule has 0 aliphatic rings. The Hall–Kier alpha value is -3.13. The van der Waals surface area contributed by atoms with Crippen molar-refractivity contribution in [2.24, 2.45) is 0 Å². The molecule has 2 aromatic carbocycles. The smallest absolute Gasteiger partial charge is 0.419 e. The van der Waals surface area contributed by atoms with Crippen LogP contribution in [0.5, 0.6) is 17.4 Å². The summed E-state index contributed by atoms with van der Waals surface area (Å²) < 4.78 is 98.1. The van der Waals surface area contributed by atoms with Gasteiger partial charge in [0, 0.05) is 25.7 Å². The number of halogens is 10. The van der Waals surface area contributed by atoms with Gasteiger partial charge in [0.05, 0.1) is 28.5 Å². The lowest BCUT2D eigenvalue weighted by molar-refractivity contribution is -0.138. The van der Waals surface area contributed by atoms with Crippen LogP contribution in [0.2, 0.25) is 5.02 Å². The van der Waals surface area contributed by atoms with E-state index in [9.17, 15) is 35.8 Å². The average molecular weight is 838 g/mol. The van der Waals surface area contributed by atoms with E-state index in [1.807, 2.05) is 45.2 Å². The van der Waals surface area contributed by atoms with Crippen molar-refractivity contribution in [1.29, 1.82) is 0 Å². The Kier molecular flexibility index (Phi) is 9.55. The van der Waals surface area contributed by atoms with Crippen molar-refractivity contribution in [3.8, 4) is 28.8 Å².